The molecule has 1 aromatic carbocycles. The molecule has 1 aliphatic rings. The van der Waals surface area contributed by atoms with E-state index in [2.05, 4.69) is 25.4 Å². The maximum atomic E-state index is 12.6. The lowest BCUT2D eigenvalue weighted by molar-refractivity contribution is -0.123. The summed E-state index contributed by atoms with van der Waals surface area (Å²) in [6, 6.07) is 7.23. The number of amides is 1. The molecule has 0 atom stereocenters. The first kappa shape index (κ1) is 18.3. The Labute approximate surface area is 161 Å². The number of nitrogens with one attached hydrogen (secondary N) is 2. The molecule has 28 heavy (non-hydrogen) atoms. The summed E-state index contributed by atoms with van der Waals surface area (Å²) in [5.41, 5.74) is -0.00445. The molecule has 0 radical (unpaired) electrons. The minimum atomic E-state index is -0.523. The Hall–Kier alpha value is -3.03. The van der Waals surface area contributed by atoms with Crippen molar-refractivity contribution >= 4 is 16.8 Å². The molecule has 0 aliphatic heterocycles. The Morgan fingerprint density at radius 3 is 2.79 bits per heavy atom. The third-order valence-corrected chi connectivity index (χ3v) is 5.27. The van der Waals surface area contributed by atoms with Crippen LogP contribution >= 0.6 is 0 Å². The molecule has 0 spiro atoms. The van der Waals surface area contributed by atoms with Crippen molar-refractivity contribution in [2.24, 2.45) is 0 Å². The van der Waals surface area contributed by atoms with E-state index < -0.39 is 5.54 Å². The van der Waals surface area contributed by atoms with Crippen LogP contribution in [-0.2, 0) is 16.8 Å². The second-order valence-corrected chi connectivity index (χ2v) is 7.36. The molecule has 8 nitrogen and oxygen atoms in total. The molecule has 0 bridgehead atoms. The van der Waals surface area contributed by atoms with Crippen molar-refractivity contribution in [2.75, 3.05) is 0 Å². The van der Waals surface area contributed by atoms with Gasteiger partial charge in [0.1, 0.15) is 11.4 Å². The Bertz CT molecular complexity index is 1050. The maximum Gasteiger partial charge on any atom is 0.258 e. The zero-order chi connectivity index (χ0) is 19.6. The summed E-state index contributed by atoms with van der Waals surface area (Å²) in [5.74, 6) is 1.62. The average molecular weight is 381 g/mol. The number of hydrogen-bond acceptors (Lipinski definition) is 6. The van der Waals surface area contributed by atoms with Gasteiger partial charge in [-0.05, 0) is 31.4 Å². The fourth-order valence-electron chi connectivity index (χ4n) is 3.88. The summed E-state index contributed by atoms with van der Waals surface area (Å²) in [6.07, 6.45) is 5.14. The highest BCUT2D eigenvalue weighted by Crippen LogP contribution is 2.37. The molecule has 1 aliphatic carbocycles. The fraction of sp³-hybridized carbons (Fsp3) is 0.450. The Kier molecular flexibility index (Phi) is 4.93. The van der Waals surface area contributed by atoms with Gasteiger partial charge in [0, 0.05) is 19.8 Å². The molecule has 0 unspecified atom stereocenters. The molecule has 1 amide bonds. The first-order valence-electron chi connectivity index (χ1n) is 9.65. The predicted molar refractivity (Wildman–Crippen MR) is 103 cm³/mol. The van der Waals surface area contributed by atoms with Gasteiger partial charge in [0.15, 0.2) is 5.82 Å². The summed E-state index contributed by atoms with van der Waals surface area (Å²) >= 11 is 0. The number of H-pyrrole nitrogens is 1. The van der Waals surface area contributed by atoms with Gasteiger partial charge in [0.25, 0.3) is 5.56 Å². The highest BCUT2D eigenvalue weighted by Gasteiger charge is 2.41. The largest absolute Gasteiger partial charge is 0.343 e. The standard InChI is InChI=1S/C20H23N5O3/c1-13-21-19(25-28-13)20(11-4-5-12-20)24-17(26)10-6-9-16-22-15-8-3-2-7-14(15)18(27)23-16/h2-3,7-8H,4-6,9-12H2,1H3,(H,24,26)(H,22,23,27). The molecule has 2 heterocycles. The van der Waals surface area contributed by atoms with Crippen molar-refractivity contribution in [2.45, 2.75) is 57.4 Å². The first-order valence-corrected chi connectivity index (χ1v) is 9.65. The Morgan fingerprint density at radius 2 is 2.04 bits per heavy atom. The third kappa shape index (κ3) is 3.67. The van der Waals surface area contributed by atoms with E-state index in [0.29, 0.717) is 47.7 Å². The monoisotopic (exact) mass is 381 g/mol. The first-order chi connectivity index (χ1) is 13.6. The summed E-state index contributed by atoms with van der Waals surface area (Å²) in [5, 5.41) is 7.74. The summed E-state index contributed by atoms with van der Waals surface area (Å²) in [7, 11) is 0. The highest BCUT2D eigenvalue weighted by atomic mass is 16.5. The zero-order valence-corrected chi connectivity index (χ0v) is 15.8. The van der Waals surface area contributed by atoms with Crippen LogP contribution in [0.4, 0.5) is 0 Å². The van der Waals surface area contributed by atoms with E-state index in [-0.39, 0.29) is 11.5 Å². The predicted octanol–water partition coefficient (Wildman–Crippen LogP) is 2.52. The van der Waals surface area contributed by atoms with Crippen molar-refractivity contribution in [3.8, 4) is 0 Å². The van der Waals surface area contributed by atoms with Crippen LogP contribution in [0, 0.1) is 6.92 Å². The number of para-hydroxylation sites is 1. The smallest absolute Gasteiger partial charge is 0.258 e. The van der Waals surface area contributed by atoms with Gasteiger partial charge in [-0.2, -0.15) is 4.98 Å². The SMILES string of the molecule is Cc1nc(C2(NC(=O)CCCc3nc4ccccc4c(=O)[nH]3)CCCC2)no1. The quantitative estimate of drug-likeness (QED) is 0.678. The van der Waals surface area contributed by atoms with Gasteiger partial charge in [-0.25, -0.2) is 4.98 Å². The summed E-state index contributed by atoms with van der Waals surface area (Å²) < 4.78 is 5.11. The number of carbonyl (C=O) groups is 1. The molecule has 3 aromatic rings. The van der Waals surface area contributed by atoms with Crippen LogP contribution in [0.15, 0.2) is 33.6 Å². The van der Waals surface area contributed by atoms with Crippen molar-refractivity contribution < 1.29 is 9.32 Å². The minimum Gasteiger partial charge on any atom is -0.343 e. The van der Waals surface area contributed by atoms with E-state index in [1.165, 1.54) is 0 Å². The number of benzene rings is 1. The lowest BCUT2D eigenvalue weighted by Gasteiger charge is -2.26. The Morgan fingerprint density at radius 1 is 1.25 bits per heavy atom. The van der Waals surface area contributed by atoms with Crippen LogP contribution in [0.3, 0.4) is 0 Å². The van der Waals surface area contributed by atoms with E-state index >= 15 is 0 Å². The van der Waals surface area contributed by atoms with Crippen LogP contribution in [-0.4, -0.2) is 26.0 Å². The maximum absolute atomic E-state index is 12.6. The molecule has 1 saturated carbocycles. The van der Waals surface area contributed by atoms with Gasteiger partial charge in [0.05, 0.1) is 10.9 Å². The van der Waals surface area contributed by atoms with Crippen LogP contribution in [0.5, 0.6) is 0 Å². The van der Waals surface area contributed by atoms with Gasteiger partial charge < -0.3 is 14.8 Å². The molecule has 1 fully saturated rings. The van der Waals surface area contributed by atoms with E-state index in [9.17, 15) is 9.59 Å². The van der Waals surface area contributed by atoms with Gasteiger partial charge >= 0.3 is 0 Å². The van der Waals surface area contributed by atoms with Crippen LogP contribution in [0.2, 0.25) is 0 Å². The second-order valence-electron chi connectivity index (χ2n) is 7.36. The summed E-state index contributed by atoms with van der Waals surface area (Å²) in [6.45, 7) is 1.75. The lowest BCUT2D eigenvalue weighted by Crippen LogP contribution is -2.44. The van der Waals surface area contributed by atoms with E-state index in [1.54, 1.807) is 13.0 Å². The zero-order valence-electron chi connectivity index (χ0n) is 15.8. The Balaban J connectivity index is 1.39. The summed E-state index contributed by atoms with van der Waals surface area (Å²) in [4.78, 5) is 36.3. The lowest BCUT2D eigenvalue weighted by atomic mass is 9.96. The number of carbonyl (C=O) groups excluding carboxylic acids is 1. The molecule has 2 aromatic heterocycles. The normalized spacial score (nSPS) is 15.8. The number of aromatic nitrogens is 4. The van der Waals surface area contributed by atoms with Crippen LogP contribution < -0.4 is 10.9 Å². The second kappa shape index (κ2) is 7.53. The third-order valence-electron chi connectivity index (χ3n) is 5.27. The van der Waals surface area contributed by atoms with Gasteiger partial charge in [-0.15, -0.1) is 0 Å². The molecule has 146 valence electrons. The molecular formula is C20H23N5O3. The van der Waals surface area contributed by atoms with Crippen LogP contribution in [0.1, 0.15) is 56.1 Å². The molecular weight excluding hydrogens is 358 g/mol. The number of nitrogens with zero attached hydrogens (tertiary/aromatic N) is 3. The molecule has 0 saturated heterocycles. The van der Waals surface area contributed by atoms with Crippen molar-refractivity contribution in [1.29, 1.82) is 0 Å². The van der Waals surface area contributed by atoms with Crippen molar-refractivity contribution in [3.05, 3.63) is 52.2 Å². The molecule has 2 N–H and O–H groups in total. The van der Waals surface area contributed by atoms with Crippen molar-refractivity contribution in [3.63, 3.8) is 0 Å². The number of fused-ring (bicyclic) bond motifs is 1. The topological polar surface area (TPSA) is 114 Å². The number of rotatable bonds is 6. The minimum absolute atomic E-state index is 0.0486. The highest BCUT2D eigenvalue weighted by molar-refractivity contribution is 5.77. The van der Waals surface area contributed by atoms with E-state index in [1.807, 2.05) is 18.2 Å². The molecule has 4 rings (SSSR count). The van der Waals surface area contributed by atoms with Gasteiger partial charge in [0.2, 0.25) is 11.8 Å². The number of aromatic amines is 1. The van der Waals surface area contributed by atoms with Gasteiger partial charge in [-0.1, -0.05) is 30.1 Å². The van der Waals surface area contributed by atoms with E-state index in [0.717, 1.165) is 25.7 Å². The molecule has 8 heteroatoms. The number of hydrogen-bond donors (Lipinski definition) is 2. The van der Waals surface area contributed by atoms with Crippen LogP contribution in [0.25, 0.3) is 10.9 Å². The van der Waals surface area contributed by atoms with E-state index in [4.69, 9.17) is 4.52 Å². The average Bonchev–Trinajstić information content (AvgIpc) is 3.32. The van der Waals surface area contributed by atoms with Gasteiger partial charge in [-0.3, -0.25) is 9.59 Å². The number of aryl methyl sites for hydroxylation is 2. The fourth-order valence-corrected chi connectivity index (χ4v) is 3.88. The van der Waals surface area contributed by atoms with Crippen molar-refractivity contribution in [1.82, 2.24) is 25.4 Å².